The number of carbonyl (C=O) groups is 1. The van der Waals surface area contributed by atoms with Crippen LogP contribution in [0.3, 0.4) is 0 Å². The van der Waals surface area contributed by atoms with Crippen LogP contribution in [0.15, 0.2) is 66.7 Å². The molecule has 0 aliphatic carbocycles. The minimum absolute atomic E-state index is 0.0798. The molecule has 23 heavy (non-hydrogen) atoms. The molecule has 0 bridgehead atoms. The number of alkyl halides is 3. The summed E-state index contributed by atoms with van der Waals surface area (Å²) in [5.74, 6) is -0.115. The smallest absolute Gasteiger partial charge is 0.294 e. The maximum Gasteiger partial charge on any atom is 0.416 e. The van der Waals surface area contributed by atoms with Gasteiger partial charge in [-0.15, -0.1) is 0 Å². The third kappa shape index (κ3) is 3.42. The van der Waals surface area contributed by atoms with Gasteiger partial charge in [0.25, 0.3) is 0 Å². The van der Waals surface area contributed by atoms with Crippen LogP contribution >= 0.6 is 0 Å². The molecule has 0 fully saturated rings. The van der Waals surface area contributed by atoms with Crippen molar-refractivity contribution in [1.82, 2.24) is 0 Å². The Bertz CT molecular complexity index is 848. The van der Waals surface area contributed by atoms with Gasteiger partial charge in [0.2, 0.25) is 0 Å². The van der Waals surface area contributed by atoms with Crippen LogP contribution in [-0.2, 0) is 12.6 Å². The highest BCUT2D eigenvalue weighted by atomic mass is 19.4. The van der Waals surface area contributed by atoms with Crippen LogP contribution in [-0.4, -0.2) is 5.78 Å². The lowest BCUT2D eigenvalue weighted by Crippen LogP contribution is -2.06. The fraction of sp³-hybridized carbons (Fsp3) is 0.105. The van der Waals surface area contributed by atoms with E-state index >= 15 is 0 Å². The third-order valence-electron chi connectivity index (χ3n) is 3.72. The molecule has 0 N–H and O–H groups in total. The van der Waals surface area contributed by atoms with Gasteiger partial charge in [-0.1, -0.05) is 48.5 Å². The van der Waals surface area contributed by atoms with Crippen molar-refractivity contribution in [3.8, 4) is 0 Å². The molecule has 0 spiro atoms. The van der Waals surface area contributed by atoms with E-state index in [9.17, 15) is 18.0 Å². The lowest BCUT2D eigenvalue weighted by Gasteiger charge is -2.08. The molecule has 4 heteroatoms. The highest BCUT2D eigenvalue weighted by Gasteiger charge is 2.29. The van der Waals surface area contributed by atoms with E-state index in [1.165, 1.54) is 12.1 Å². The van der Waals surface area contributed by atoms with E-state index in [1.807, 2.05) is 36.4 Å². The largest absolute Gasteiger partial charge is 0.416 e. The number of ketones is 1. The Kier molecular flexibility index (Phi) is 3.90. The first-order chi connectivity index (χ1) is 10.9. The zero-order valence-electron chi connectivity index (χ0n) is 12.1. The standard InChI is InChI=1S/C19H13F3O/c20-19(21,22)17-9-5-13(6-10-17)11-18(23)16-8-7-14-3-1-2-4-15(14)12-16/h1-10,12H,11H2. The van der Waals surface area contributed by atoms with Crippen LogP contribution in [0.25, 0.3) is 10.8 Å². The Morgan fingerprint density at radius 1 is 0.826 bits per heavy atom. The van der Waals surface area contributed by atoms with Crippen LogP contribution in [0.1, 0.15) is 21.5 Å². The Balaban J connectivity index is 1.80. The molecule has 0 radical (unpaired) electrons. The number of hydrogen-bond donors (Lipinski definition) is 0. The van der Waals surface area contributed by atoms with E-state index in [0.29, 0.717) is 11.1 Å². The minimum Gasteiger partial charge on any atom is -0.294 e. The molecule has 0 saturated heterocycles. The number of Topliss-reactive ketones (excluding diaryl/α,β-unsaturated/α-hetero) is 1. The van der Waals surface area contributed by atoms with Gasteiger partial charge in [0, 0.05) is 12.0 Å². The molecule has 3 aromatic carbocycles. The number of carbonyl (C=O) groups excluding carboxylic acids is 1. The van der Waals surface area contributed by atoms with E-state index in [4.69, 9.17) is 0 Å². The highest BCUT2D eigenvalue weighted by Crippen LogP contribution is 2.29. The molecule has 3 rings (SSSR count). The van der Waals surface area contributed by atoms with Crippen molar-refractivity contribution in [3.05, 3.63) is 83.4 Å². The van der Waals surface area contributed by atoms with Crippen molar-refractivity contribution in [3.63, 3.8) is 0 Å². The third-order valence-corrected chi connectivity index (χ3v) is 3.72. The van der Waals surface area contributed by atoms with Crippen LogP contribution in [0.4, 0.5) is 13.2 Å². The first-order valence-electron chi connectivity index (χ1n) is 7.11. The zero-order chi connectivity index (χ0) is 16.4. The maximum atomic E-state index is 12.5. The topological polar surface area (TPSA) is 17.1 Å². The fourth-order valence-corrected chi connectivity index (χ4v) is 2.46. The van der Waals surface area contributed by atoms with Gasteiger partial charge in [0.15, 0.2) is 5.78 Å². The summed E-state index contributed by atoms with van der Waals surface area (Å²) in [6.07, 6.45) is -4.28. The normalized spacial score (nSPS) is 11.6. The molecule has 0 amide bonds. The number of halogens is 3. The second-order valence-electron chi connectivity index (χ2n) is 5.36. The first kappa shape index (κ1) is 15.3. The predicted molar refractivity (Wildman–Crippen MR) is 83.4 cm³/mol. The molecule has 116 valence electrons. The summed E-state index contributed by atoms with van der Waals surface area (Å²) in [7, 11) is 0. The Hall–Kier alpha value is -2.62. The highest BCUT2D eigenvalue weighted by molar-refractivity contribution is 6.01. The van der Waals surface area contributed by atoms with Gasteiger partial charge in [0.1, 0.15) is 0 Å². The zero-order valence-corrected chi connectivity index (χ0v) is 12.1. The lowest BCUT2D eigenvalue weighted by atomic mass is 9.99. The van der Waals surface area contributed by atoms with Gasteiger partial charge < -0.3 is 0 Å². The summed E-state index contributed by atoms with van der Waals surface area (Å²) in [4.78, 5) is 12.3. The molecule has 0 heterocycles. The van der Waals surface area contributed by atoms with Crippen LogP contribution in [0.5, 0.6) is 0 Å². The van der Waals surface area contributed by atoms with Crippen molar-refractivity contribution in [2.45, 2.75) is 12.6 Å². The first-order valence-corrected chi connectivity index (χ1v) is 7.11. The summed E-state index contributed by atoms with van der Waals surface area (Å²) in [5, 5.41) is 2.00. The summed E-state index contributed by atoms with van der Waals surface area (Å²) >= 11 is 0. The van der Waals surface area contributed by atoms with E-state index in [0.717, 1.165) is 22.9 Å². The van der Waals surface area contributed by atoms with E-state index in [2.05, 4.69) is 0 Å². The number of fused-ring (bicyclic) bond motifs is 1. The van der Waals surface area contributed by atoms with Gasteiger partial charge in [-0.25, -0.2) is 0 Å². The van der Waals surface area contributed by atoms with Gasteiger partial charge in [-0.2, -0.15) is 13.2 Å². The van der Waals surface area contributed by atoms with Crippen LogP contribution in [0.2, 0.25) is 0 Å². The second-order valence-corrected chi connectivity index (χ2v) is 5.36. The van der Waals surface area contributed by atoms with E-state index < -0.39 is 11.7 Å². The van der Waals surface area contributed by atoms with E-state index in [1.54, 1.807) is 6.07 Å². The molecule has 0 aromatic heterocycles. The molecule has 0 saturated carbocycles. The Morgan fingerprint density at radius 3 is 2.13 bits per heavy atom. The maximum absolute atomic E-state index is 12.5. The van der Waals surface area contributed by atoms with E-state index in [-0.39, 0.29) is 12.2 Å². The molecule has 3 aromatic rings. The summed E-state index contributed by atoms with van der Waals surface area (Å²) in [5.41, 5.74) is 0.416. The fourth-order valence-electron chi connectivity index (χ4n) is 2.46. The van der Waals surface area contributed by atoms with Gasteiger partial charge in [0.05, 0.1) is 5.56 Å². The van der Waals surface area contributed by atoms with Crippen molar-refractivity contribution >= 4 is 16.6 Å². The monoisotopic (exact) mass is 314 g/mol. The lowest BCUT2D eigenvalue weighted by molar-refractivity contribution is -0.137. The minimum atomic E-state index is -4.36. The predicted octanol–water partition coefficient (Wildman–Crippen LogP) is 5.28. The second kappa shape index (κ2) is 5.88. The van der Waals surface area contributed by atoms with Gasteiger partial charge in [-0.05, 0) is 34.5 Å². The van der Waals surface area contributed by atoms with Gasteiger partial charge in [-0.3, -0.25) is 4.79 Å². The SMILES string of the molecule is O=C(Cc1ccc(C(F)(F)F)cc1)c1ccc2ccccc2c1. The average molecular weight is 314 g/mol. The van der Waals surface area contributed by atoms with Crippen LogP contribution in [0, 0.1) is 0 Å². The molecule has 0 aliphatic heterocycles. The summed E-state index contributed by atoms with van der Waals surface area (Å²) in [6.45, 7) is 0. The van der Waals surface area contributed by atoms with Crippen molar-refractivity contribution in [1.29, 1.82) is 0 Å². The molecule has 0 atom stereocenters. The summed E-state index contributed by atoms with van der Waals surface area (Å²) < 4.78 is 37.6. The number of benzene rings is 3. The molecule has 0 aliphatic rings. The van der Waals surface area contributed by atoms with Gasteiger partial charge >= 0.3 is 6.18 Å². The molecular weight excluding hydrogens is 301 g/mol. The molecule has 0 unspecified atom stereocenters. The Morgan fingerprint density at radius 2 is 1.48 bits per heavy atom. The Labute approximate surface area is 131 Å². The van der Waals surface area contributed by atoms with Crippen LogP contribution < -0.4 is 0 Å². The summed E-state index contributed by atoms with van der Waals surface area (Å²) in [6, 6.07) is 17.8. The number of rotatable bonds is 3. The van der Waals surface area contributed by atoms with Crippen molar-refractivity contribution in [2.24, 2.45) is 0 Å². The molecule has 1 nitrogen and oxygen atoms in total. The van der Waals surface area contributed by atoms with Crippen molar-refractivity contribution in [2.75, 3.05) is 0 Å². The van der Waals surface area contributed by atoms with Crippen molar-refractivity contribution < 1.29 is 18.0 Å². The molecular formula is C19H13F3O. The number of hydrogen-bond acceptors (Lipinski definition) is 1. The quantitative estimate of drug-likeness (QED) is 0.601. The average Bonchev–Trinajstić information content (AvgIpc) is 2.54.